The van der Waals surface area contributed by atoms with Gasteiger partial charge in [-0.3, -0.25) is 14.6 Å². The molecular weight excluding hydrogens is 374 g/mol. The van der Waals surface area contributed by atoms with E-state index in [-0.39, 0.29) is 0 Å². The number of aromatic nitrogens is 2. The summed E-state index contributed by atoms with van der Waals surface area (Å²) >= 11 is 0. The number of rotatable bonds is 6. The molecule has 1 fully saturated rings. The Labute approximate surface area is 169 Å². The van der Waals surface area contributed by atoms with Gasteiger partial charge in [-0.15, -0.1) is 0 Å². The first-order valence-corrected chi connectivity index (χ1v) is 9.43. The van der Waals surface area contributed by atoms with Crippen LogP contribution in [0, 0.1) is 5.92 Å². The Balaban J connectivity index is 1.46. The number of benzene rings is 1. The number of methoxy groups -OCH3 is 2. The van der Waals surface area contributed by atoms with Gasteiger partial charge in [0.25, 0.3) is 0 Å². The Hall–Kier alpha value is -3.36. The van der Waals surface area contributed by atoms with E-state index in [1.807, 2.05) is 0 Å². The number of anilines is 2. The Kier molecular flexibility index (Phi) is 6.83. The van der Waals surface area contributed by atoms with E-state index in [9.17, 15) is 9.59 Å². The van der Waals surface area contributed by atoms with Gasteiger partial charge in [-0.2, -0.15) is 0 Å². The van der Waals surface area contributed by atoms with E-state index < -0.39 is 11.8 Å². The van der Waals surface area contributed by atoms with Crippen molar-refractivity contribution in [3.63, 3.8) is 0 Å². The summed E-state index contributed by atoms with van der Waals surface area (Å²) in [5.41, 5.74) is 0.408. The molecule has 2 N–H and O–H groups in total. The number of nitrogens with zero attached hydrogens (tertiary/aromatic N) is 3. The summed E-state index contributed by atoms with van der Waals surface area (Å²) in [6.07, 6.45) is 6.89. The fourth-order valence-electron chi connectivity index (χ4n) is 3.22. The average Bonchev–Trinajstić information content (AvgIpc) is 2.78. The third-order valence-electron chi connectivity index (χ3n) is 4.90. The number of hydrogen-bond donors (Lipinski definition) is 2. The lowest BCUT2D eigenvalue weighted by Crippen LogP contribution is -2.42. The third kappa shape index (κ3) is 5.34. The van der Waals surface area contributed by atoms with Crippen LogP contribution in [0.25, 0.3) is 0 Å². The fourth-order valence-corrected chi connectivity index (χ4v) is 3.22. The first-order chi connectivity index (χ1) is 14.1. The summed E-state index contributed by atoms with van der Waals surface area (Å²) < 4.78 is 10.4. The fraction of sp³-hybridized carbons (Fsp3) is 0.400. The zero-order chi connectivity index (χ0) is 20.6. The molecule has 0 saturated carbocycles. The van der Waals surface area contributed by atoms with Gasteiger partial charge in [-0.25, -0.2) is 4.98 Å². The number of carbonyl (C=O) groups excluding carboxylic acids is 2. The van der Waals surface area contributed by atoms with Gasteiger partial charge in [0.2, 0.25) is 0 Å². The number of nitrogens with one attached hydrogen (secondary N) is 2. The van der Waals surface area contributed by atoms with Gasteiger partial charge >= 0.3 is 11.8 Å². The highest BCUT2D eigenvalue weighted by atomic mass is 16.5. The van der Waals surface area contributed by atoms with E-state index in [0.29, 0.717) is 29.6 Å². The summed E-state index contributed by atoms with van der Waals surface area (Å²) in [4.78, 5) is 35.0. The van der Waals surface area contributed by atoms with Gasteiger partial charge < -0.3 is 25.0 Å². The lowest BCUT2D eigenvalue weighted by Gasteiger charge is -2.32. The van der Waals surface area contributed by atoms with Crippen molar-refractivity contribution in [3.8, 4) is 11.5 Å². The highest BCUT2D eigenvalue weighted by Crippen LogP contribution is 2.29. The van der Waals surface area contributed by atoms with E-state index in [4.69, 9.17) is 9.47 Å². The topological polar surface area (TPSA) is 106 Å². The maximum absolute atomic E-state index is 12.2. The molecule has 0 radical (unpaired) electrons. The maximum atomic E-state index is 12.2. The molecule has 2 heterocycles. The van der Waals surface area contributed by atoms with Crippen LogP contribution in [0.3, 0.4) is 0 Å². The average molecular weight is 399 g/mol. The molecule has 0 unspecified atom stereocenters. The van der Waals surface area contributed by atoms with Crippen molar-refractivity contribution in [3.05, 3.63) is 36.8 Å². The maximum Gasteiger partial charge on any atom is 0.313 e. The molecule has 1 saturated heterocycles. The molecule has 154 valence electrons. The second-order valence-corrected chi connectivity index (χ2v) is 6.72. The summed E-state index contributed by atoms with van der Waals surface area (Å²) in [7, 11) is 3.02. The van der Waals surface area contributed by atoms with Crippen molar-refractivity contribution in [2.75, 3.05) is 44.1 Å². The van der Waals surface area contributed by atoms with Crippen molar-refractivity contribution >= 4 is 23.3 Å². The van der Waals surface area contributed by atoms with E-state index >= 15 is 0 Å². The summed E-state index contributed by atoms with van der Waals surface area (Å²) in [6, 6.07) is 4.95. The molecule has 9 heteroatoms. The van der Waals surface area contributed by atoms with Crippen LogP contribution in [-0.2, 0) is 9.59 Å². The zero-order valence-electron chi connectivity index (χ0n) is 16.6. The number of piperidine rings is 1. The van der Waals surface area contributed by atoms with Gasteiger partial charge in [-0.05, 0) is 30.9 Å². The molecule has 0 aliphatic carbocycles. The molecule has 0 bridgehead atoms. The molecule has 1 aliphatic rings. The Morgan fingerprint density at radius 2 is 1.93 bits per heavy atom. The monoisotopic (exact) mass is 399 g/mol. The molecule has 2 amide bonds. The molecule has 3 rings (SSSR count). The van der Waals surface area contributed by atoms with Crippen molar-refractivity contribution in [1.82, 2.24) is 15.3 Å². The highest BCUT2D eigenvalue weighted by molar-refractivity contribution is 6.39. The van der Waals surface area contributed by atoms with E-state index in [1.54, 1.807) is 36.8 Å². The van der Waals surface area contributed by atoms with Crippen LogP contribution < -0.4 is 25.0 Å². The van der Waals surface area contributed by atoms with Crippen LogP contribution in [0.1, 0.15) is 12.8 Å². The largest absolute Gasteiger partial charge is 0.497 e. The summed E-state index contributed by atoms with van der Waals surface area (Å²) in [6.45, 7) is 2.14. The molecule has 29 heavy (non-hydrogen) atoms. The SMILES string of the molecule is COc1ccc(NC(=O)C(=O)NCC2CCN(c3cnccn3)CC2)c(OC)c1. The molecular formula is C20H25N5O4. The molecule has 1 aliphatic heterocycles. The molecule has 0 atom stereocenters. The quantitative estimate of drug-likeness (QED) is 0.709. The Bertz CT molecular complexity index is 838. The summed E-state index contributed by atoms with van der Waals surface area (Å²) in [5, 5.41) is 5.30. The zero-order valence-corrected chi connectivity index (χ0v) is 16.6. The van der Waals surface area contributed by atoms with Crippen molar-refractivity contribution < 1.29 is 19.1 Å². The second kappa shape index (κ2) is 9.72. The predicted molar refractivity (Wildman–Crippen MR) is 108 cm³/mol. The smallest absolute Gasteiger partial charge is 0.313 e. The van der Waals surface area contributed by atoms with Gasteiger partial charge in [-0.1, -0.05) is 0 Å². The number of hydrogen-bond acceptors (Lipinski definition) is 7. The molecule has 1 aromatic heterocycles. The van der Waals surface area contributed by atoms with Crippen LogP contribution in [-0.4, -0.2) is 55.6 Å². The first-order valence-electron chi connectivity index (χ1n) is 9.43. The van der Waals surface area contributed by atoms with E-state index in [2.05, 4.69) is 25.5 Å². The van der Waals surface area contributed by atoms with Crippen LogP contribution in [0.2, 0.25) is 0 Å². The number of ether oxygens (including phenoxy) is 2. The van der Waals surface area contributed by atoms with Gasteiger partial charge in [0.05, 0.1) is 26.1 Å². The molecule has 0 spiro atoms. The van der Waals surface area contributed by atoms with Gasteiger partial charge in [0, 0.05) is 38.1 Å². The van der Waals surface area contributed by atoms with Gasteiger partial charge in [0.1, 0.15) is 17.3 Å². The van der Waals surface area contributed by atoms with Crippen LogP contribution in [0.15, 0.2) is 36.8 Å². The van der Waals surface area contributed by atoms with Crippen molar-refractivity contribution in [2.24, 2.45) is 5.92 Å². The second-order valence-electron chi connectivity index (χ2n) is 6.72. The van der Waals surface area contributed by atoms with E-state index in [0.717, 1.165) is 31.7 Å². The minimum atomic E-state index is -0.731. The lowest BCUT2D eigenvalue weighted by atomic mass is 9.97. The normalized spacial score (nSPS) is 14.2. The standard InChI is InChI=1S/C20H25N5O4/c1-28-15-3-4-16(17(11-15)29-2)24-20(27)19(26)23-12-14-5-9-25(10-6-14)18-13-21-7-8-22-18/h3-4,7-8,11,13-14H,5-6,9-10,12H2,1-2H3,(H,23,26)(H,24,27). The molecule has 2 aromatic rings. The summed E-state index contributed by atoms with van der Waals surface area (Å²) in [5.74, 6) is 0.793. The van der Waals surface area contributed by atoms with Crippen molar-refractivity contribution in [2.45, 2.75) is 12.8 Å². The Morgan fingerprint density at radius 1 is 1.14 bits per heavy atom. The van der Waals surface area contributed by atoms with Crippen molar-refractivity contribution in [1.29, 1.82) is 0 Å². The predicted octanol–water partition coefficient (Wildman–Crippen LogP) is 1.47. The molecule has 1 aromatic carbocycles. The number of carbonyl (C=O) groups is 2. The lowest BCUT2D eigenvalue weighted by molar-refractivity contribution is -0.136. The van der Waals surface area contributed by atoms with Crippen LogP contribution in [0.5, 0.6) is 11.5 Å². The minimum absolute atomic E-state index is 0.315. The number of amides is 2. The molecule has 9 nitrogen and oxygen atoms in total. The highest BCUT2D eigenvalue weighted by Gasteiger charge is 2.22. The third-order valence-corrected chi connectivity index (χ3v) is 4.90. The minimum Gasteiger partial charge on any atom is -0.497 e. The van der Waals surface area contributed by atoms with Crippen LogP contribution >= 0.6 is 0 Å². The Morgan fingerprint density at radius 3 is 2.59 bits per heavy atom. The van der Waals surface area contributed by atoms with E-state index in [1.165, 1.54) is 14.2 Å². The van der Waals surface area contributed by atoms with Crippen LogP contribution in [0.4, 0.5) is 11.5 Å². The van der Waals surface area contributed by atoms with Gasteiger partial charge in [0.15, 0.2) is 0 Å². The first kappa shape index (κ1) is 20.4.